The molecule has 0 saturated heterocycles. The number of phenols is 1. The standard InChI is InChI=1S/C25H4F16O2/c1-2-7(26)9(28)3(10(29)8(2)27)5-13(32)19(38)24(20(39)14(5)33)43-25-21(40)15(34)6(16(35)22(25)41)4-11(30)17(36)23(42)18(37)12(4)31/h42H,1H3. The largest absolute Gasteiger partial charge is 0.503 e. The first-order chi connectivity index (χ1) is 19.9. The summed E-state index contributed by atoms with van der Waals surface area (Å²) in [6.45, 7) is 0.468. The van der Waals surface area contributed by atoms with Gasteiger partial charge in [-0.15, -0.1) is 0 Å². The molecule has 1 N–H and O–H groups in total. The molecule has 0 atom stereocenters. The smallest absolute Gasteiger partial charge is 0.205 e. The number of benzene rings is 4. The zero-order valence-corrected chi connectivity index (χ0v) is 19.9. The first kappa shape index (κ1) is 31.3. The van der Waals surface area contributed by atoms with Crippen LogP contribution in [0.5, 0.6) is 17.2 Å². The van der Waals surface area contributed by atoms with E-state index in [0.29, 0.717) is 6.92 Å². The van der Waals surface area contributed by atoms with Crippen LogP contribution < -0.4 is 4.74 Å². The van der Waals surface area contributed by atoms with Gasteiger partial charge in [-0.05, 0) is 6.92 Å². The van der Waals surface area contributed by atoms with E-state index in [9.17, 15) is 70.2 Å². The number of halogens is 16. The van der Waals surface area contributed by atoms with Crippen LogP contribution in [0.15, 0.2) is 0 Å². The molecule has 0 bridgehead atoms. The fourth-order valence-corrected chi connectivity index (χ4v) is 3.74. The Morgan fingerprint density at radius 3 is 0.791 bits per heavy atom. The molecular formula is C25H4F16O2. The van der Waals surface area contributed by atoms with Crippen molar-refractivity contribution in [3.63, 3.8) is 0 Å². The van der Waals surface area contributed by atoms with Crippen molar-refractivity contribution in [2.24, 2.45) is 0 Å². The zero-order chi connectivity index (χ0) is 32.6. The van der Waals surface area contributed by atoms with Gasteiger partial charge in [0.05, 0.1) is 22.3 Å². The van der Waals surface area contributed by atoms with E-state index < -0.39 is 138 Å². The highest BCUT2D eigenvalue weighted by Gasteiger charge is 2.38. The van der Waals surface area contributed by atoms with Gasteiger partial charge in [0, 0.05) is 5.56 Å². The molecule has 0 aliphatic heterocycles. The van der Waals surface area contributed by atoms with E-state index in [1.807, 2.05) is 0 Å². The third kappa shape index (κ3) is 4.37. The van der Waals surface area contributed by atoms with Crippen LogP contribution in [0.4, 0.5) is 70.2 Å². The summed E-state index contributed by atoms with van der Waals surface area (Å²) in [7, 11) is 0. The molecular weight excluding hydrogens is 636 g/mol. The first-order valence-corrected chi connectivity index (χ1v) is 10.7. The summed E-state index contributed by atoms with van der Waals surface area (Å²) in [5.74, 6) is -51.9. The minimum atomic E-state index is -3.00. The number of ether oxygens (including phenoxy) is 1. The molecule has 228 valence electrons. The summed E-state index contributed by atoms with van der Waals surface area (Å²) < 4.78 is 233. The highest BCUT2D eigenvalue weighted by Crippen LogP contribution is 2.45. The SMILES string of the molecule is Cc1c(F)c(F)c(-c2c(F)c(F)c(Oc3c(F)c(F)c(-c4c(F)c(F)c(O)c(F)c4F)c(F)c3F)c(F)c2F)c(F)c1F. The van der Waals surface area contributed by atoms with Crippen molar-refractivity contribution >= 4 is 0 Å². The van der Waals surface area contributed by atoms with Crippen LogP contribution in [0.25, 0.3) is 22.3 Å². The van der Waals surface area contributed by atoms with E-state index in [1.165, 1.54) is 0 Å². The summed E-state index contributed by atoms with van der Waals surface area (Å²) in [6, 6.07) is 0. The van der Waals surface area contributed by atoms with E-state index in [4.69, 9.17) is 5.11 Å². The Morgan fingerprint density at radius 1 is 0.326 bits per heavy atom. The second-order valence-electron chi connectivity index (χ2n) is 8.26. The Morgan fingerprint density at radius 2 is 0.535 bits per heavy atom. The summed E-state index contributed by atoms with van der Waals surface area (Å²) in [5.41, 5.74) is -11.2. The van der Waals surface area contributed by atoms with Gasteiger partial charge < -0.3 is 9.84 Å². The number of phenolic OH excluding ortho intramolecular Hbond substituents is 1. The van der Waals surface area contributed by atoms with Crippen molar-refractivity contribution < 1.29 is 80.1 Å². The minimum absolute atomic E-state index is 0.468. The average Bonchev–Trinajstić information content (AvgIpc) is 2.98. The molecule has 0 fully saturated rings. The van der Waals surface area contributed by atoms with Gasteiger partial charge in [0.15, 0.2) is 63.9 Å². The van der Waals surface area contributed by atoms with Crippen molar-refractivity contribution in [2.45, 2.75) is 6.92 Å². The Bertz CT molecular complexity index is 1630. The summed E-state index contributed by atoms with van der Waals surface area (Å²) in [4.78, 5) is 0. The van der Waals surface area contributed by atoms with Gasteiger partial charge in [-0.3, -0.25) is 0 Å². The average molecular weight is 640 g/mol. The van der Waals surface area contributed by atoms with Crippen LogP contribution in [0, 0.1) is 100.0 Å². The lowest BCUT2D eigenvalue weighted by molar-refractivity contribution is 0.325. The molecule has 0 saturated carbocycles. The van der Waals surface area contributed by atoms with Crippen LogP contribution >= 0.6 is 0 Å². The third-order valence-corrected chi connectivity index (χ3v) is 5.87. The van der Waals surface area contributed by atoms with Gasteiger partial charge in [-0.1, -0.05) is 0 Å². The van der Waals surface area contributed by atoms with Gasteiger partial charge >= 0.3 is 0 Å². The maximum Gasteiger partial charge on any atom is 0.205 e. The molecule has 18 heteroatoms. The summed E-state index contributed by atoms with van der Waals surface area (Å²) in [5, 5.41) is 8.96. The lowest BCUT2D eigenvalue weighted by Gasteiger charge is -2.17. The van der Waals surface area contributed by atoms with Crippen molar-refractivity contribution in [2.75, 3.05) is 0 Å². The third-order valence-electron chi connectivity index (χ3n) is 5.87. The van der Waals surface area contributed by atoms with E-state index >= 15 is 0 Å². The Balaban J connectivity index is 1.97. The van der Waals surface area contributed by atoms with Crippen LogP contribution in [0.3, 0.4) is 0 Å². The predicted octanol–water partition coefficient (Wildman–Crippen LogP) is 9.05. The molecule has 0 spiro atoms. The summed E-state index contributed by atoms with van der Waals surface area (Å²) >= 11 is 0. The lowest BCUT2D eigenvalue weighted by Crippen LogP contribution is -2.11. The monoisotopic (exact) mass is 640 g/mol. The second-order valence-corrected chi connectivity index (χ2v) is 8.26. The zero-order valence-electron chi connectivity index (χ0n) is 19.9. The van der Waals surface area contributed by atoms with Crippen LogP contribution in [-0.2, 0) is 0 Å². The molecule has 2 nitrogen and oxygen atoms in total. The van der Waals surface area contributed by atoms with Crippen LogP contribution in [0.2, 0.25) is 0 Å². The normalized spacial score (nSPS) is 11.5. The Labute approximate surface area is 226 Å². The maximum absolute atomic E-state index is 14.7. The molecule has 0 aliphatic rings. The Kier molecular flexibility index (Phi) is 7.69. The molecule has 4 aromatic carbocycles. The van der Waals surface area contributed by atoms with Crippen LogP contribution in [0.1, 0.15) is 5.56 Å². The molecule has 0 aromatic heterocycles. The van der Waals surface area contributed by atoms with E-state index in [0.717, 1.165) is 0 Å². The molecule has 0 amide bonds. The molecule has 4 aromatic rings. The fraction of sp³-hybridized carbons (Fsp3) is 0.0400. The van der Waals surface area contributed by atoms with Crippen molar-refractivity contribution in [3.05, 3.63) is 98.6 Å². The minimum Gasteiger partial charge on any atom is -0.503 e. The second kappa shape index (κ2) is 10.6. The van der Waals surface area contributed by atoms with Crippen molar-refractivity contribution in [1.29, 1.82) is 0 Å². The molecule has 4 rings (SSSR count). The molecule has 43 heavy (non-hydrogen) atoms. The van der Waals surface area contributed by atoms with Gasteiger partial charge in [-0.25, -0.2) is 43.9 Å². The lowest BCUT2D eigenvalue weighted by atomic mass is 9.99. The molecule has 0 heterocycles. The van der Waals surface area contributed by atoms with Crippen LogP contribution in [-0.4, -0.2) is 5.11 Å². The van der Waals surface area contributed by atoms with E-state index in [1.54, 1.807) is 0 Å². The number of hydrogen-bond donors (Lipinski definition) is 1. The van der Waals surface area contributed by atoms with E-state index in [2.05, 4.69) is 4.74 Å². The molecule has 0 unspecified atom stereocenters. The van der Waals surface area contributed by atoms with Gasteiger partial charge in [0.2, 0.25) is 46.4 Å². The van der Waals surface area contributed by atoms with Gasteiger partial charge in [0.25, 0.3) is 0 Å². The van der Waals surface area contributed by atoms with Gasteiger partial charge in [-0.2, -0.15) is 26.3 Å². The van der Waals surface area contributed by atoms with Crippen molar-refractivity contribution in [1.82, 2.24) is 0 Å². The highest BCUT2D eigenvalue weighted by molar-refractivity contribution is 5.71. The fourth-order valence-electron chi connectivity index (χ4n) is 3.74. The number of rotatable bonds is 4. The first-order valence-electron chi connectivity index (χ1n) is 10.7. The summed E-state index contributed by atoms with van der Waals surface area (Å²) in [6.07, 6.45) is 0. The topological polar surface area (TPSA) is 29.5 Å². The van der Waals surface area contributed by atoms with Crippen molar-refractivity contribution in [3.8, 4) is 39.5 Å². The number of aromatic hydroxyl groups is 1. The number of hydrogen-bond acceptors (Lipinski definition) is 2. The van der Waals surface area contributed by atoms with Gasteiger partial charge in [0.1, 0.15) is 0 Å². The van der Waals surface area contributed by atoms with E-state index in [-0.39, 0.29) is 0 Å². The molecule has 0 radical (unpaired) electrons. The molecule has 0 aliphatic carbocycles. The maximum atomic E-state index is 14.7. The highest BCUT2D eigenvalue weighted by atomic mass is 19.2. The predicted molar refractivity (Wildman–Crippen MR) is 110 cm³/mol. The quantitative estimate of drug-likeness (QED) is 0.178. The Hall–Kier alpha value is -4.64.